The topological polar surface area (TPSA) is 62.1 Å². The summed E-state index contributed by atoms with van der Waals surface area (Å²) >= 11 is 0. The van der Waals surface area contributed by atoms with Crippen molar-refractivity contribution >= 4 is 5.82 Å². The lowest BCUT2D eigenvalue weighted by atomic mass is 10.0. The summed E-state index contributed by atoms with van der Waals surface area (Å²) in [7, 11) is 0. The normalized spacial score (nSPS) is 27.0. The number of nitrogens with one attached hydrogen (secondary N) is 2. The highest BCUT2D eigenvalue weighted by molar-refractivity contribution is 5.37. The average Bonchev–Trinajstić information content (AvgIpc) is 3.08. The van der Waals surface area contributed by atoms with Gasteiger partial charge in [-0.2, -0.15) is 5.10 Å². The quantitative estimate of drug-likeness (QED) is 0.792. The van der Waals surface area contributed by atoms with Crippen molar-refractivity contribution in [2.45, 2.75) is 25.1 Å². The molecule has 0 saturated heterocycles. The minimum atomic E-state index is -0.320. The van der Waals surface area contributed by atoms with E-state index < -0.39 is 0 Å². The van der Waals surface area contributed by atoms with Gasteiger partial charge in [0.25, 0.3) is 0 Å². The minimum absolute atomic E-state index is 0.0558. The Kier molecular flexibility index (Phi) is 3.16. The van der Waals surface area contributed by atoms with E-state index in [9.17, 15) is 5.11 Å². The molecular weight excluding hydrogens is 264 g/mol. The van der Waals surface area contributed by atoms with Crippen LogP contribution in [-0.2, 0) is 13.0 Å². The third-order valence-electron chi connectivity index (χ3n) is 4.55. The van der Waals surface area contributed by atoms with Gasteiger partial charge in [-0.25, -0.2) is 4.68 Å². The van der Waals surface area contributed by atoms with Crippen molar-refractivity contribution < 1.29 is 5.11 Å². The Balaban J connectivity index is 1.42. The number of aliphatic hydroxyl groups is 1. The summed E-state index contributed by atoms with van der Waals surface area (Å²) in [4.78, 5) is 0. The maximum atomic E-state index is 10.3. The number of anilines is 1. The molecule has 2 heterocycles. The molecule has 0 radical (unpaired) electrons. The lowest BCUT2D eigenvalue weighted by molar-refractivity contribution is 0.138. The summed E-state index contributed by atoms with van der Waals surface area (Å²) in [5, 5.41) is 21.5. The van der Waals surface area contributed by atoms with Crippen molar-refractivity contribution in [1.82, 2.24) is 15.1 Å². The second-order valence-electron chi connectivity index (χ2n) is 6.00. The van der Waals surface area contributed by atoms with Gasteiger partial charge >= 0.3 is 0 Å². The second-order valence-corrected chi connectivity index (χ2v) is 6.00. The van der Waals surface area contributed by atoms with Crippen LogP contribution in [0.3, 0.4) is 0 Å². The molecule has 3 atom stereocenters. The van der Waals surface area contributed by atoms with Crippen LogP contribution in [0.2, 0.25) is 0 Å². The summed E-state index contributed by atoms with van der Waals surface area (Å²) in [6.45, 7) is 2.75. The zero-order chi connectivity index (χ0) is 14.2. The molecule has 0 fully saturated rings. The van der Waals surface area contributed by atoms with Crippen LogP contribution in [0, 0.1) is 5.92 Å². The molecule has 0 bridgehead atoms. The molecule has 2 aliphatic rings. The van der Waals surface area contributed by atoms with Gasteiger partial charge in [-0.3, -0.25) is 0 Å². The standard InChI is InChI=1S/C16H20N4O/c21-14-7-12-3-1-2-4-13(12)16(14)18-9-11-8-17-15-5-6-19-20(15)10-11/h1-6,11,14,16-18,21H,7-10H2/t11-,14-,16+/m0/s1. The van der Waals surface area contributed by atoms with E-state index in [2.05, 4.69) is 27.9 Å². The molecule has 3 N–H and O–H groups in total. The highest BCUT2D eigenvalue weighted by Crippen LogP contribution is 2.31. The molecule has 2 aromatic rings. The van der Waals surface area contributed by atoms with E-state index in [0.717, 1.165) is 31.9 Å². The van der Waals surface area contributed by atoms with E-state index in [0.29, 0.717) is 5.92 Å². The van der Waals surface area contributed by atoms with Gasteiger partial charge in [0.2, 0.25) is 0 Å². The lowest BCUT2D eigenvalue weighted by Gasteiger charge is -2.27. The van der Waals surface area contributed by atoms with Crippen molar-refractivity contribution in [2.24, 2.45) is 5.92 Å². The molecule has 110 valence electrons. The van der Waals surface area contributed by atoms with E-state index in [1.54, 1.807) is 0 Å². The number of rotatable bonds is 3. The van der Waals surface area contributed by atoms with Gasteiger partial charge in [0.05, 0.1) is 18.3 Å². The van der Waals surface area contributed by atoms with Crippen molar-refractivity contribution in [1.29, 1.82) is 0 Å². The van der Waals surface area contributed by atoms with E-state index in [4.69, 9.17) is 0 Å². The zero-order valence-corrected chi connectivity index (χ0v) is 11.9. The predicted octanol–water partition coefficient (Wildman–Crippen LogP) is 1.17. The number of aliphatic hydroxyl groups excluding tert-OH is 1. The molecule has 1 aromatic heterocycles. The number of nitrogens with zero attached hydrogens (tertiary/aromatic N) is 2. The Morgan fingerprint density at radius 2 is 2.24 bits per heavy atom. The van der Waals surface area contributed by atoms with Gasteiger partial charge in [0.1, 0.15) is 5.82 Å². The van der Waals surface area contributed by atoms with E-state index in [1.165, 1.54) is 11.1 Å². The van der Waals surface area contributed by atoms with Gasteiger partial charge in [-0.15, -0.1) is 0 Å². The highest BCUT2D eigenvalue weighted by atomic mass is 16.3. The number of hydrogen-bond donors (Lipinski definition) is 3. The first-order valence-electron chi connectivity index (χ1n) is 7.56. The summed E-state index contributed by atoms with van der Waals surface area (Å²) < 4.78 is 2.01. The highest BCUT2D eigenvalue weighted by Gasteiger charge is 2.31. The largest absolute Gasteiger partial charge is 0.391 e. The Bertz CT molecular complexity index is 639. The molecule has 0 saturated carbocycles. The summed E-state index contributed by atoms with van der Waals surface area (Å²) in [6.07, 6.45) is 2.26. The van der Waals surface area contributed by atoms with Crippen LogP contribution >= 0.6 is 0 Å². The Morgan fingerprint density at radius 3 is 3.19 bits per heavy atom. The summed E-state index contributed by atoms with van der Waals surface area (Å²) in [6, 6.07) is 10.4. The van der Waals surface area contributed by atoms with Crippen LogP contribution in [0.4, 0.5) is 5.82 Å². The molecule has 0 amide bonds. The van der Waals surface area contributed by atoms with Crippen LogP contribution in [0.1, 0.15) is 17.2 Å². The predicted molar refractivity (Wildman–Crippen MR) is 81.1 cm³/mol. The number of aromatic nitrogens is 2. The van der Waals surface area contributed by atoms with Crippen molar-refractivity contribution in [3.05, 3.63) is 47.7 Å². The molecule has 0 spiro atoms. The fourth-order valence-electron chi connectivity index (χ4n) is 3.44. The maximum Gasteiger partial charge on any atom is 0.124 e. The van der Waals surface area contributed by atoms with Crippen molar-refractivity contribution in [3.63, 3.8) is 0 Å². The smallest absolute Gasteiger partial charge is 0.124 e. The minimum Gasteiger partial charge on any atom is -0.391 e. The second kappa shape index (κ2) is 5.16. The maximum absolute atomic E-state index is 10.3. The van der Waals surface area contributed by atoms with Gasteiger partial charge in [-0.05, 0) is 11.1 Å². The van der Waals surface area contributed by atoms with Gasteiger partial charge in [0, 0.05) is 38.0 Å². The Labute approximate surface area is 124 Å². The van der Waals surface area contributed by atoms with Gasteiger partial charge in [0.15, 0.2) is 0 Å². The molecular formula is C16H20N4O. The zero-order valence-electron chi connectivity index (χ0n) is 11.9. The molecule has 5 nitrogen and oxygen atoms in total. The van der Waals surface area contributed by atoms with Crippen LogP contribution in [0.15, 0.2) is 36.5 Å². The van der Waals surface area contributed by atoms with Crippen LogP contribution in [0.25, 0.3) is 0 Å². The number of hydrogen-bond acceptors (Lipinski definition) is 4. The molecule has 1 aromatic carbocycles. The molecule has 1 aliphatic heterocycles. The summed E-state index contributed by atoms with van der Waals surface area (Å²) in [5.74, 6) is 1.58. The monoisotopic (exact) mass is 284 g/mol. The van der Waals surface area contributed by atoms with Crippen molar-refractivity contribution in [2.75, 3.05) is 18.4 Å². The van der Waals surface area contributed by atoms with Crippen LogP contribution < -0.4 is 10.6 Å². The SMILES string of the molecule is O[C@H]1Cc2ccccc2[C@H]1NC[C@@H]1CNc2ccnn2C1. The van der Waals surface area contributed by atoms with Gasteiger partial charge < -0.3 is 15.7 Å². The Morgan fingerprint density at radius 1 is 1.33 bits per heavy atom. The van der Waals surface area contributed by atoms with E-state index in [1.807, 2.05) is 29.1 Å². The van der Waals surface area contributed by atoms with Crippen LogP contribution in [-0.4, -0.2) is 34.1 Å². The molecule has 0 unspecified atom stereocenters. The third-order valence-corrected chi connectivity index (χ3v) is 4.55. The fourth-order valence-corrected chi connectivity index (χ4v) is 3.44. The first-order chi connectivity index (χ1) is 10.3. The van der Waals surface area contributed by atoms with Gasteiger partial charge in [-0.1, -0.05) is 24.3 Å². The number of benzene rings is 1. The molecule has 21 heavy (non-hydrogen) atoms. The van der Waals surface area contributed by atoms with E-state index >= 15 is 0 Å². The molecule has 5 heteroatoms. The van der Waals surface area contributed by atoms with Crippen LogP contribution in [0.5, 0.6) is 0 Å². The summed E-state index contributed by atoms with van der Waals surface area (Å²) in [5.41, 5.74) is 2.51. The molecule has 4 rings (SSSR count). The van der Waals surface area contributed by atoms with E-state index in [-0.39, 0.29) is 12.1 Å². The van der Waals surface area contributed by atoms with Crippen molar-refractivity contribution in [3.8, 4) is 0 Å². The fraction of sp³-hybridized carbons (Fsp3) is 0.438. The lowest BCUT2D eigenvalue weighted by Crippen LogP contribution is -2.38. The Hall–Kier alpha value is -1.85. The number of fused-ring (bicyclic) bond motifs is 2. The first kappa shape index (κ1) is 12.9. The molecule has 1 aliphatic carbocycles. The third kappa shape index (κ3) is 2.32. The average molecular weight is 284 g/mol. The first-order valence-corrected chi connectivity index (χ1v) is 7.56.